The first kappa shape index (κ1) is 10.7. The van der Waals surface area contributed by atoms with Crippen molar-refractivity contribution in [2.75, 3.05) is 11.9 Å². The Morgan fingerprint density at radius 1 is 1.33 bits per heavy atom. The van der Waals surface area contributed by atoms with Gasteiger partial charge in [-0.25, -0.2) is 0 Å². The normalized spacial score (nSPS) is 12.2. The Kier molecular flexibility index (Phi) is 2.24. The lowest BCUT2D eigenvalue weighted by Crippen LogP contribution is -2.23. The lowest BCUT2D eigenvalue weighted by atomic mass is 10.1. The summed E-state index contributed by atoms with van der Waals surface area (Å²) in [6, 6.07) is 7.24. The second kappa shape index (κ2) is 3.78. The summed E-state index contributed by atoms with van der Waals surface area (Å²) in [4.78, 5) is 23.5. The van der Waals surface area contributed by atoms with E-state index in [2.05, 4.69) is 15.5 Å². The van der Waals surface area contributed by atoms with Crippen molar-refractivity contribution in [1.29, 1.82) is 0 Å². The molecule has 0 unspecified atom stereocenters. The lowest BCUT2D eigenvalue weighted by Gasteiger charge is -2.00. The molecule has 0 bridgehead atoms. The zero-order valence-electron chi connectivity index (χ0n) is 9.36. The minimum absolute atomic E-state index is 0.137. The lowest BCUT2D eigenvalue weighted by molar-refractivity contribution is -0.114. The predicted octanol–water partition coefficient (Wildman–Crippen LogP) is 0.518. The van der Waals surface area contributed by atoms with Crippen LogP contribution < -0.4 is 11.1 Å². The smallest absolute Gasteiger partial charge is 0.239 e. The number of hydrogen-bond donors (Lipinski definition) is 3. The van der Waals surface area contributed by atoms with E-state index >= 15 is 0 Å². The van der Waals surface area contributed by atoms with E-state index in [0.717, 1.165) is 5.56 Å². The van der Waals surface area contributed by atoms with Crippen LogP contribution in [0.1, 0.15) is 15.9 Å². The molecule has 3 rings (SSSR count). The number of aromatic nitrogens is 2. The molecule has 0 saturated carbocycles. The molecule has 1 aliphatic carbocycles. The van der Waals surface area contributed by atoms with Crippen molar-refractivity contribution < 1.29 is 9.59 Å². The Morgan fingerprint density at radius 3 is 2.78 bits per heavy atom. The predicted molar refractivity (Wildman–Crippen MR) is 65.1 cm³/mol. The fourth-order valence-electron chi connectivity index (χ4n) is 2.07. The number of H-pyrrole nitrogens is 1. The highest BCUT2D eigenvalue weighted by Gasteiger charge is 2.32. The second-order valence-corrected chi connectivity index (χ2v) is 3.95. The minimum Gasteiger partial charge on any atom is -0.322 e. The second-order valence-electron chi connectivity index (χ2n) is 3.95. The summed E-state index contributed by atoms with van der Waals surface area (Å²) in [7, 11) is 0. The summed E-state index contributed by atoms with van der Waals surface area (Å²) in [5.74, 6) is -0.281. The summed E-state index contributed by atoms with van der Waals surface area (Å²) in [6.07, 6.45) is 0. The van der Waals surface area contributed by atoms with Crippen molar-refractivity contribution in [1.82, 2.24) is 10.2 Å². The summed E-state index contributed by atoms with van der Waals surface area (Å²) in [5.41, 5.74) is 7.68. The molecule has 4 N–H and O–H groups in total. The fraction of sp³-hybridized carbons (Fsp3) is 0.0833. The number of carbonyl (C=O) groups is 2. The molecule has 1 aromatic heterocycles. The van der Waals surface area contributed by atoms with Gasteiger partial charge in [0.1, 0.15) is 0 Å². The van der Waals surface area contributed by atoms with Gasteiger partial charge in [-0.2, -0.15) is 5.10 Å². The maximum absolute atomic E-state index is 12.2. The number of nitrogens with one attached hydrogen (secondary N) is 2. The van der Waals surface area contributed by atoms with Gasteiger partial charge in [0, 0.05) is 11.1 Å². The molecule has 6 heteroatoms. The van der Waals surface area contributed by atoms with E-state index in [1.165, 1.54) is 0 Å². The van der Waals surface area contributed by atoms with Crippen LogP contribution >= 0.6 is 0 Å². The molecule has 0 fully saturated rings. The van der Waals surface area contributed by atoms with Gasteiger partial charge in [-0.1, -0.05) is 24.3 Å². The molecule has 90 valence electrons. The van der Waals surface area contributed by atoms with Crippen molar-refractivity contribution in [2.24, 2.45) is 5.73 Å². The highest BCUT2D eigenvalue weighted by atomic mass is 16.2. The van der Waals surface area contributed by atoms with Crippen LogP contribution in [-0.2, 0) is 4.79 Å². The minimum atomic E-state index is -0.381. The highest BCUT2D eigenvalue weighted by molar-refractivity contribution is 6.24. The molecule has 1 heterocycles. The molecule has 0 radical (unpaired) electrons. The van der Waals surface area contributed by atoms with E-state index < -0.39 is 0 Å². The Bertz CT molecular complexity index is 660. The quantitative estimate of drug-likeness (QED) is 0.609. The molecule has 18 heavy (non-hydrogen) atoms. The third-order valence-corrected chi connectivity index (χ3v) is 2.88. The average molecular weight is 242 g/mol. The SMILES string of the molecule is NCC(=O)Nc1n[nH]c2c1C(=O)c1ccccc1-2. The molecule has 1 aliphatic rings. The van der Waals surface area contributed by atoms with Crippen molar-refractivity contribution in [3.63, 3.8) is 0 Å². The van der Waals surface area contributed by atoms with E-state index in [0.29, 0.717) is 16.8 Å². The maximum Gasteiger partial charge on any atom is 0.239 e. The number of fused-ring (bicyclic) bond motifs is 3. The monoisotopic (exact) mass is 242 g/mol. The molecule has 0 atom stereocenters. The summed E-state index contributed by atoms with van der Waals surface area (Å²) >= 11 is 0. The van der Waals surface area contributed by atoms with E-state index in [1.54, 1.807) is 12.1 Å². The number of anilines is 1. The van der Waals surface area contributed by atoms with E-state index in [4.69, 9.17) is 5.73 Å². The fourth-order valence-corrected chi connectivity index (χ4v) is 2.07. The Hall–Kier alpha value is -2.47. The van der Waals surface area contributed by atoms with Gasteiger partial charge in [0.15, 0.2) is 11.6 Å². The Morgan fingerprint density at radius 2 is 2.06 bits per heavy atom. The standard InChI is InChI=1S/C12H10N4O2/c13-5-8(17)14-12-9-10(15-16-12)6-3-1-2-4-7(6)11(9)18/h1-4H,5,13H2,(H2,14,15,16,17). The third kappa shape index (κ3) is 1.36. The zero-order chi connectivity index (χ0) is 12.7. The molecule has 0 saturated heterocycles. The Balaban J connectivity index is 2.10. The van der Waals surface area contributed by atoms with Gasteiger partial charge >= 0.3 is 0 Å². The third-order valence-electron chi connectivity index (χ3n) is 2.88. The maximum atomic E-state index is 12.2. The number of rotatable bonds is 2. The largest absolute Gasteiger partial charge is 0.322 e. The van der Waals surface area contributed by atoms with Gasteiger partial charge in [0.25, 0.3) is 0 Å². The number of aromatic amines is 1. The van der Waals surface area contributed by atoms with Gasteiger partial charge in [0.2, 0.25) is 5.91 Å². The van der Waals surface area contributed by atoms with E-state index in [-0.39, 0.29) is 24.1 Å². The van der Waals surface area contributed by atoms with Crippen LogP contribution in [-0.4, -0.2) is 28.4 Å². The molecule has 0 aliphatic heterocycles. The first-order valence-corrected chi connectivity index (χ1v) is 5.44. The van der Waals surface area contributed by atoms with Crippen LogP contribution in [0.5, 0.6) is 0 Å². The van der Waals surface area contributed by atoms with Gasteiger partial charge in [-0.15, -0.1) is 0 Å². The van der Waals surface area contributed by atoms with Crippen LogP contribution in [0.15, 0.2) is 24.3 Å². The van der Waals surface area contributed by atoms with Crippen molar-refractivity contribution in [3.8, 4) is 11.3 Å². The average Bonchev–Trinajstić information content (AvgIpc) is 2.92. The summed E-state index contributed by atoms with van der Waals surface area (Å²) in [6.45, 7) is -0.150. The topological polar surface area (TPSA) is 101 Å². The van der Waals surface area contributed by atoms with Gasteiger partial charge in [0.05, 0.1) is 17.8 Å². The molecule has 0 spiro atoms. The van der Waals surface area contributed by atoms with Crippen LogP contribution in [0.3, 0.4) is 0 Å². The number of hydrogen-bond acceptors (Lipinski definition) is 4. The van der Waals surface area contributed by atoms with Crippen molar-refractivity contribution >= 4 is 17.5 Å². The van der Waals surface area contributed by atoms with Crippen molar-refractivity contribution in [2.45, 2.75) is 0 Å². The van der Waals surface area contributed by atoms with Crippen molar-refractivity contribution in [3.05, 3.63) is 35.4 Å². The molecule has 1 aromatic carbocycles. The van der Waals surface area contributed by atoms with E-state index in [9.17, 15) is 9.59 Å². The zero-order valence-corrected chi connectivity index (χ0v) is 9.36. The molecule has 6 nitrogen and oxygen atoms in total. The van der Waals surface area contributed by atoms with E-state index in [1.807, 2.05) is 12.1 Å². The number of nitrogens with zero attached hydrogens (tertiary/aromatic N) is 1. The van der Waals surface area contributed by atoms with Gasteiger partial charge in [-0.3, -0.25) is 14.7 Å². The molecule has 2 aromatic rings. The Labute approximate surface area is 102 Å². The first-order chi connectivity index (χ1) is 8.72. The van der Waals surface area contributed by atoms with Crippen LogP contribution in [0.25, 0.3) is 11.3 Å². The number of amides is 1. The van der Waals surface area contributed by atoms with Crippen LogP contribution in [0.4, 0.5) is 5.82 Å². The van der Waals surface area contributed by atoms with Gasteiger partial charge in [-0.05, 0) is 0 Å². The summed E-state index contributed by atoms with van der Waals surface area (Å²) in [5, 5.41) is 9.23. The first-order valence-electron chi connectivity index (χ1n) is 5.44. The summed E-state index contributed by atoms with van der Waals surface area (Å²) < 4.78 is 0. The van der Waals surface area contributed by atoms with Gasteiger partial charge < -0.3 is 11.1 Å². The molecular weight excluding hydrogens is 232 g/mol. The number of carbonyl (C=O) groups excluding carboxylic acids is 2. The molecule has 1 amide bonds. The van der Waals surface area contributed by atoms with Crippen LogP contribution in [0, 0.1) is 0 Å². The number of ketones is 1. The highest BCUT2D eigenvalue weighted by Crippen LogP contribution is 2.38. The number of nitrogens with two attached hydrogens (primary N) is 1. The molecular formula is C12H10N4O2. The number of benzene rings is 1. The van der Waals surface area contributed by atoms with Crippen LogP contribution in [0.2, 0.25) is 0 Å².